The van der Waals surface area contributed by atoms with Crippen LogP contribution in [0.4, 0.5) is 0 Å². The highest BCUT2D eigenvalue weighted by Gasteiger charge is 2.21. The summed E-state index contributed by atoms with van der Waals surface area (Å²) in [6.07, 6.45) is 1.43. The highest BCUT2D eigenvalue weighted by Crippen LogP contribution is 2.30. The number of nitrogens with one attached hydrogen (secondary N) is 1. The van der Waals surface area contributed by atoms with Gasteiger partial charge in [-0.05, 0) is 29.7 Å². The molecule has 1 aliphatic rings. The Hall–Kier alpha value is -2.08. The number of amides is 1. The highest BCUT2D eigenvalue weighted by atomic mass is 32.1. The van der Waals surface area contributed by atoms with E-state index in [4.69, 9.17) is 9.47 Å². The van der Waals surface area contributed by atoms with E-state index in [0.29, 0.717) is 23.8 Å². The molecule has 0 spiro atoms. The van der Waals surface area contributed by atoms with Crippen molar-refractivity contribution in [1.82, 2.24) is 9.69 Å². The van der Waals surface area contributed by atoms with Crippen LogP contribution in [-0.4, -0.2) is 29.5 Å². The molecule has 5 nitrogen and oxygen atoms in total. The summed E-state index contributed by atoms with van der Waals surface area (Å²) in [6, 6.07) is 9.19. The van der Waals surface area contributed by atoms with Gasteiger partial charge in [-0.3, -0.25) is 4.79 Å². The number of nitrogens with zero attached hydrogens (tertiary/aromatic N) is 1. The molecule has 1 atom stereocenters. The zero-order chi connectivity index (χ0) is 13.1. The number of carbonyl (C=O) groups excluding carboxylic acids is 1. The van der Waals surface area contributed by atoms with Crippen molar-refractivity contribution in [1.29, 1.82) is 0 Å². The van der Waals surface area contributed by atoms with Gasteiger partial charge in [-0.2, -0.15) is 0 Å². The molecule has 3 rings (SSSR count). The van der Waals surface area contributed by atoms with Crippen LogP contribution in [0, 0.1) is 0 Å². The van der Waals surface area contributed by atoms with Crippen LogP contribution in [0.15, 0.2) is 36.5 Å². The average Bonchev–Trinajstić information content (AvgIpc) is 2.99. The predicted molar refractivity (Wildman–Crippen MR) is 70.8 cm³/mol. The molecule has 1 aromatic carbocycles. The molecule has 2 aromatic rings. The zero-order valence-corrected chi connectivity index (χ0v) is 10.9. The van der Waals surface area contributed by atoms with Crippen LogP contribution < -0.4 is 14.8 Å². The smallest absolute Gasteiger partial charge is 0.263 e. The van der Waals surface area contributed by atoms with Crippen LogP contribution in [0.1, 0.15) is 9.67 Å². The number of hydrogen-bond donors (Lipinski definition) is 1. The van der Waals surface area contributed by atoms with E-state index in [-0.39, 0.29) is 12.0 Å². The second-order valence-corrected chi connectivity index (χ2v) is 4.92. The fourth-order valence-electron chi connectivity index (χ4n) is 1.79. The Bertz CT molecular complexity index is 571. The summed E-state index contributed by atoms with van der Waals surface area (Å²) in [5.74, 6) is 1.32. The van der Waals surface area contributed by atoms with E-state index >= 15 is 0 Å². The lowest BCUT2D eigenvalue weighted by molar-refractivity contribution is 0.0791. The number of hydrogen-bond acceptors (Lipinski definition) is 5. The van der Waals surface area contributed by atoms with E-state index in [2.05, 4.69) is 9.69 Å². The van der Waals surface area contributed by atoms with Crippen LogP contribution in [0.25, 0.3) is 0 Å². The number of para-hydroxylation sites is 2. The topological polar surface area (TPSA) is 60.5 Å². The molecule has 2 heterocycles. The van der Waals surface area contributed by atoms with Crippen molar-refractivity contribution in [3.8, 4) is 11.5 Å². The second-order valence-electron chi connectivity index (χ2n) is 4.08. The number of fused-ring (bicyclic) bond motifs is 1. The van der Waals surface area contributed by atoms with Gasteiger partial charge in [-0.15, -0.1) is 0 Å². The lowest BCUT2D eigenvalue weighted by Gasteiger charge is -2.26. The first-order chi connectivity index (χ1) is 9.33. The zero-order valence-electron chi connectivity index (χ0n) is 10.0. The number of rotatable bonds is 3. The number of carbonyl (C=O) groups is 1. The highest BCUT2D eigenvalue weighted by molar-refractivity contribution is 7.08. The lowest BCUT2D eigenvalue weighted by Crippen LogP contribution is -2.40. The Morgan fingerprint density at radius 1 is 1.37 bits per heavy atom. The van der Waals surface area contributed by atoms with E-state index in [1.54, 1.807) is 12.3 Å². The van der Waals surface area contributed by atoms with Crippen molar-refractivity contribution >= 4 is 17.4 Å². The van der Waals surface area contributed by atoms with Gasteiger partial charge >= 0.3 is 0 Å². The third kappa shape index (κ3) is 2.68. The molecule has 0 saturated heterocycles. The maximum Gasteiger partial charge on any atom is 0.263 e. The van der Waals surface area contributed by atoms with Gasteiger partial charge in [0.1, 0.15) is 17.6 Å². The Balaban J connectivity index is 1.57. The Morgan fingerprint density at radius 2 is 2.21 bits per heavy atom. The van der Waals surface area contributed by atoms with Crippen LogP contribution in [0.2, 0.25) is 0 Å². The molecule has 6 heteroatoms. The molecular weight excluding hydrogens is 264 g/mol. The van der Waals surface area contributed by atoms with Crippen LogP contribution >= 0.6 is 11.5 Å². The van der Waals surface area contributed by atoms with E-state index in [9.17, 15) is 4.79 Å². The normalized spacial score (nSPS) is 16.9. The standard InChI is InChI=1S/C13H12N2O3S/c16-13(12-5-6-15-19-12)14-7-9-8-17-10-3-1-2-4-11(10)18-9/h1-6,9H,7-8H2,(H,14,16). The average molecular weight is 276 g/mol. The van der Waals surface area contributed by atoms with E-state index < -0.39 is 0 Å². The first kappa shape index (κ1) is 12.0. The number of benzene rings is 1. The van der Waals surface area contributed by atoms with E-state index in [0.717, 1.165) is 5.75 Å². The van der Waals surface area contributed by atoms with Crippen molar-refractivity contribution in [2.45, 2.75) is 6.10 Å². The molecule has 98 valence electrons. The molecule has 1 N–H and O–H groups in total. The quantitative estimate of drug-likeness (QED) is 0.927. The molecule has 0 radical (unpaired) electrons. The minimum Gasteiger partial charge on any atom is -0.486 e. The molecule has 19 heavy (non-hydrogen) atoms. The van der Waals surface area contributed by atoms with Crippen molar-refractivity contribution in [3.63, 3.8) is 0 Å². The SMILES string of the molecule is O=C(NCC1COc2ccccc2O1)c1ccns1. The van der Waals surface area contributed by atoms with Crippen molar-refractivity contribution in [3.05, 3.63) is 41.4 Å². The minimum atomic E-state index is -0.174. The third-order valence-corrected chi connectivity index (χ3v) is 3.46. The van der Waals surface area contributed by atoms with Gasteiger partial charge in [-0.1, -0.05) is 12.1 Å². The number of ether oxygens (including phenoxy) is 2. The van der Waals surface area contributed by atoms with Crippen molar-refractivity contribution in [2.75, 3.05) is 13.2 Å². The van der Waals surface area contributed by atoms with Crippen LogP contribution in [0.5, 0.6) is 11.5 Å². The maximum absolute atomic E-state index is 11.8. The van der Waals surface area contributed by atoms with Crippen molar-refractivity contribution in [2.24, 2.45) is 0 Å². The molecule has 0 bridgehead atoms. The summed E-state index contributed by atoms with van der Waals surface area (Å²) in [7, 11) is 0. The van der Waals surface area contributed by atoms with Gasteiger partial charge in [0.15, 0.2) is 11.5 Å². The summed E-state index contributed by atoms with van der Waals surface area (Å²) < 4.78 is 15.2. The molecule has 1 aromatic heterocycles. The van der Waals surface area contributed by atoms with Crippen molar-refractivity contribution < 1.29 is 14.3 Å². The van der Waals surface area contributed by atoms with Gasteiger partial charge in [-0.25, -0.2) is 4.37 Å². The first-order valence-electron chi connectivity index (χ1n) is 5.90. The van der Waals surface area contributed by atoms with Gasteiger partial charge < -0.3 is 14.8 Å². The van der Waals surface area contributed by atoms with Gasteiger partial charge in [0.2, 0.25) is 0 Å². The summed E-state index contributed by atoms with van der Waals surface area (Å²) >= 11 is 1.17. The second kappa shape index (κ2) is 5.27. The van der Waals surface area contributed by atoms with Gasteiger partial charge in [0, 0.05) is 6.20 Å². The Kier molecular flexibility index (Phi) is 3.33. The fraction of sp³-hybridized carbons (Fsp3) is 0.231. The summed E-state index contributed by atoms with van der Waals surface area (Å²) in [4.78, 5) is 12.4. The Morgan fingerprint density at radius 3 is 3.00 bits per heavy atom. The van der Waals surface area contributed by atoms with E-state index in [1.165, 1.54) is 11.5 Å². The molecular formula is C13H12N2O3S. The first-order valence-corrected chi connectivity index (χ1v) is 6.67. The third-order valence-electron chi connectivity index (χ3n) is 2.72. The predicted octanol–water partition coefficient (Wildman–Crippen LogP) is 1.71. The van der Waals surface area contributed by atoms with Crippen LogP contribution in [-0.2, 0) is 0 Å². The largest absolute Gasteiger partial charge is 0.486 e. The molecule has 1 amide bonds. The maximum atomic E-state index is 11.8. The molecule has 1 unspecified atom stereocenters. The Labute approximate surface area is 114 Å². The summed E-state index contributed by atoms with van der Waals surface area (Å²) in [5.41, 5.74) is 0. The number of aromatic nitrogens is 1. The molecule has 0 aliphatic carbocycles. The van der Waals surface area contributed by atoms with Crippen LogP contribution in [0.3, 0.4) is 0 Å². The van der Waals surface area contributed by atoms with Gasteiger partial charge in [0.05, 0.1) is 6.54 Å². The molecule has 1 aliphatic heterocycles. The lowest BCUT2D eigenvalue weighted by atomic mass is 10.2. The monoisotopic (exact) mass is 276 g/mol. The van der Waals surface area contributed by atoms with E-state index in [1.807, 2.05) is 24.3 Å². The molecule has 0 saturated carbocycles. The minimum absolute atomic E-state index is 0.134. The molecule has 0 fully saturated rings. The van der Waals surface area contributed by atoms with Gasteiger partial charge in [0.25, 0.3) is 5.91 Å². The summed E-state index contributed by atoms with van der Waals surface area (Å²) in [5, 5.41) is 2.81. The summed E-state index contributed by atoms with van der Waals surface area (Å²) in [6.45, 7) is 0.838. The fourth-order valence-corrected chi connectivity index (χ4v) is 2.30.